The predicted molar refractivity (Wildman–Crippen MR) is 87.1 cm³/mol. The van der Waals surface area contributed by atoms with E-state index < -0.39 is 0 Å². The van der Waals surface area contributed by atoms with Gasteiger partial charge in [0.2, 0.25) is 0 Å². The first-order valence-corrected chi connectivity index (χ1v) is 7.13. The molecule has 112 valence electrons. The Hall–Kier alpha value is -2.14. The monoisotopic (exact) mass is 285 g/mol. The van der Waals surface area contributed by atoms with E-state index in [0.29, 0.717) is 11.4 Å². The third-order valence-corrected chi connectivity index (χ3v) is 3.84. The highest BCUT2D eigenvalue weighted by molar-refractivity contribution is 6.11. The Morgan fingerprint density at radius 3 is 2.33 bits per heavy atom. The summed E-state index contributed by atoms with van der Waals surface area (Å²) in [5.74, 6) is 0.0258. The predicted octanol–water partition coefficient (Wildman–Crippen LogP) is 1.43. The average Bonchev–Trinajstić information content (AvgIpc) is 2.46. The van der Waals surface area contributed by atoms with Crippen molar-refractivity contribution >= 4 is 11.5 Å². The van der Waals surface area contributed by atoms with Crippen molar-refractivity contribution in [1.29, 1.82) is 10.8 Å². The fourth-order valence-electron chi connectivity index (χ4n) is 2.48. The van der Waals surface area contributed by atoms with E-state index >= 15 is 0 Å². The SMILES string of the molecule is Cc1ccccc1C(=N)/C=C(\C(=N)N)N1CCN(C)CC1. The number of nitrogens with two attached hydrogens (primary N) is 1. The van der Waals surface area contributed by atoms with E-state index in [4.69, 9.17) is 16.6 Å². The van der Waals surface area contributed by atoms with Crippen LogP contribution in [0.2, 0.25) is 0 Å². The molecule has 1 aliphatic heterocycles. The number of nitrogens with zero attached hydrogens (tertiary/aromatic N) is 2. The third kappa shape index (κ3) is 3.70. The van der Waals surface area contributed by atoms with Crippen molar-refractivity contribution in [3.63, 3.8) is 0 Å². The molecule has 2 rings (SSSR count). The molecule has 0 radical (unpaired) electrons. The summed E-state index contributed by atoms with van der Waals surface area (Å²) in [6, 6.07) is 7.80. The number of benzene rings is 1. The highest BCUT2D eigenvalue weighted by atomic mass is 15.3. The Morgan fingerprint density at radius 1 is 1.14 bits per heavy atom. The van der Waals surface area contributed by atoms with Crippen molar-refractivity contribution in [2.24, 2.45) is 5.73 Å². The first-order chi connectivity index (χ1) is 9.99. The summed E-state index contributed by atoms with van der Waals surface area (Å²) in [7, 11) is 2.09. The molecule has 1 saturated heterocycles. The first kappa shape index (κ1) is 15.3. The van der Waals surface area contributed by atoms with Gasteiger partial charge in [-0.05, 0) is 25.6 Å². The number of hydrogen-bond donors (Lipinski definition) is 3. The zero-order chi connectivity index (χ0) is 15.4. The Kier molecular flexibility index (Phi) is 4.75. The molecule has 0 atom stereocenters. The average molecular weight is 285 g/mol. The summed E-state index contributed by atoms with van der Waals surface area (Å²) >= 11 is 0. The third-order valence-electron chi connectivity index (χ3n) is 3.84. The van der Waals surface area contributed by atoms with Crippen LogP contribution in [0.1, 0.15) is 11.1 Å². The quantitative estimate of drug-likeness (QED) is 0.578. The molecule has 0 aliphatic carbocycles. The standard InChI is InChI=1S/C16H23N5/c1-12-5-3-4-6-13(12)14(17)11-15(16(18)19)21-9-7-20(2)8-10-21/h3-6,11,17H,7-10H2,1-2H3,(H3,18,19)/b15-11+,17-14?. The van der Waals surface area contributed by atoms with Crippen LogP contribution in [0.15, 0.2) is 36.0 Å². The van der Waals surface area contributed by atoms with Crippen molar-refractivity contribution in [3.8, 4) is 0 Å². The Bertz CT molecular complexity index is 568. The molecular formula is C16H23N5. The summed E-state index contributed by atoms with van der Waals surface area (Å²) in [5.41, 5.74) is 8.71. The molecule has 0 unspecified atom stereocenters. The minimum Gasteiger partial charge on any atom is -0.382 e. The Labute approximate surface area is 126 Å². The van der Waals surface area contributed by atoms with Crippen LogP contribution in [0.4, 0.5) is 0 Å². The smallest absolute Gasteiger partial charge is 0.139 e. The number of rotatable bonds is 4. The van der Waals surface area contributed by atoms with Crippen LogP contribution in [-0.2, 0) is 0 Å². The molecule has 1 aliphatic rings. The lowest BCUT2D eigenvalue weighted by Gasteiger charge is -2.35. The van der Waals surface area contributed by atoms with E-state index in [1.165, 1.54) is 0 Å². The van der Waals surface area contributed by atoms with Gasteiger partial charge in [0.1, 0.15) is 5.84 Å². The molecule has 0 saturated carbocycles. The lowest BCUT2D eigenvalue weighted by molar-refractivity contribution is 0.192. The van der Waals surface area contributed by atoms with Crippen LogP contribution in [0.25, 0.3) is 0 Å². The molecule has 0 amide bonds. The molecule has 1 aromatic rings. The molecule has 1 fully saturated rings. The molecule has 1 heterocycles. The molecule has 0 bridgehead atoms. The van der Waals surface area contributed by atoms with Crippen LogP contribution >= 0.6 is 0 Å². The Balaban J connectivity index is 2.24. The van der Waals surface area contributed by atoms with E-state index in [1.54, 1.807) is 6.08 Å². The van der Waals surface area contributed by atoms with Gasteiger partial charge >= 0.3 is 0 Å². The summed E-state index contributed by atoms with van der Waals surface area (Å²) in [5, 5.41) is 16.1. The molecule has 5 nitrogen and oxygen atoms in total. The van der Waals surface area contributed by atoms with E-state index in [-0.39, 0.29) is 5.84 Å². The number of piperazine rings is 1. The molecule has 5 heteroatoms. The summed E-state index contributed by atoms with van der Waals surface area (Å²) in [6.07, 6.45) is 1.72. The number of likely N-dealkylation sites (N-methyl/N-ethyl adjacent to an activating group) is 1. The summed E-state index contributed by atoms with van der Waals surface area (Å²) in [6.45, 7) is 5.55. The van der Waals surface area contributed by atoms with E-state index in [9.17, 15) is 0 Å². The van der Waals surface area contributed by atoms with Gasteiger partial charge in [0.15, 0.2) is 0 Å². The van der Waals surface area contributed by atoms with E-state index in [0.717, 1.165) is 37.3 Å². The maximum Gasteiger partial charge on any atom is 0.139 e. The number of allylic oxidation sites excluding steroid dienone is 1. The minimum absolute atomic E-state index is 0.0258. The lowest BCUT2D eigenvalue weighted by Crippen LogP contribution is -2.46. The number of hydrogen-bond acceptors (Lipinski definition) is 4. The molecule has 21 heavy (non-hydrogen) atoms. The van der Waals surface area contributed by atoms with Gasteiger partial charge in [-0.1, -0.05) is 24.3 Å². The van der Waals surface area contributed by atoms with Gasteiger partial charge in [0.05, 0.1) is 11.4 Å². The first-order valence-electron chi connectivity index (χ1n) is 7.13. The van der Waals surface area contributed by atoms with Crippen LogP contribution in [0.3, 0.4) is 0 Å². The fraction of sp³-hybridized carbons (Fsp3) is 0.375. The van der Waals surface area contributed by atoms with Crippen LogP contribution in [-0.4, -0.2) is 54.6 Å². The van der Waals surface area contributed by atoms with Crippen LogP contribution in [0.5, 0.6) is 0 Å². The zero-order valence-corrected chi connectivity index (χ0v) is 12.7. The highest BCUT2D eigenvalue weighted by Gasteiger charge is 2.18. The summed E-state index contributed by atoms with van der Waals surface area (Å²) < 4.78 is 0. The van der Waals surface area contributed by atoms with Crippen molar-refractivity contribution < 1.29 is 0 Å². The topological polar surface area (TPSA) is 80.2 Å². The summed E-state index contributed by atoms with van der Waals surface area (Å²) in [4.78, 5) is 4.34. The molecule has 0 spiro atoms. The lowest BCUT2D eigenvalue weighted by atomic mass is 10.0. The van der Waals surface area contributed by atoms with Crippen molar-refractivity contribution in [2.45, 2.75) is 6.92 Å². The zero-order valence-electron chi connectivity index (χ0n) is 12.7. The second-order valence-electron chi connectivity index (χ2n) is 5.46. The molecule has 0 aromatic heterocycles. The van der Waals surface area contributed by atoms with Gasteiger partial charge in [-0.25, -0.2) is 0 Å². The molecule has 4 N–H and O–H groups in total. The van der Waals surface area contributed by atoms with Crippen molar-refractivity contribution in [1.82, 2.24) is 9.80 Å². The minimum atomic E-state index is 0.0258. The van der Waals surface area contributed by atoms with E-state index in [2.05, 4.69) is 16.8 Å². The highest BCUT2D eigenvalue weighted by Crippen LogP contribution is 2.13. The maximum absolute atomic E-state index is 8.29. The number of nitrogens with one attached hydrogen (secondary N) is 2. The maximum atomic E-state index is 8.29. The molecular weight excluding hydrogens is 262 g/mol. The number of aryl methyl sites for hydroxylation is 1. The van der Waals surface area contributed by atoms with Gasteiger partial charge in [0.25, 0.3) is 0 Å². The van der Waals surface area contributed by atoms with Crippen LogP contribution in [0, 0.1) is 17.7 Å². The van der Waals surface area contributed by atoms with E-state index in [1.807, 2.05) is 31.2 Å². The van der Waals surface area contributed by atoms with Gasteiger partial charge in [-0.3, -0.25) is 5.41 Å². The van der Waals surface area contributed by atoms with Gasteiger partial charge in [-0.2, -0.15) is 0 Å². The van der Waals surface area contributed by atoms with Crippen molar-refractivity contribution in [2.75, 3.05) is 33.2 Å². The second kappa shape index (κ2) is 6.54. The fourth-order valence-corrected chi connectivity index (χ4v) is 2.48. The van der Waals surface area contributed by atoms with Crippen molar-refractivity contribution in [3.05, 3.63) is 47.2 Å². The largest absolute Gasteiger partial charge is 0.382 e. The molecule has 1 aromatic carbocycles. The van der Waals surface area contributed by atoms with Gasteiger partial charge < -0.3 is 20.9 Å². The Morgan fingerprint density at radius 2 is 1.76 bits per heavy atom. The van der Waals surface area contributed by atoms with Gasteiger partial charge in [0, 0.05) is 31.7 Å². The van der Waals surface area contributed by atoms with Gasteiger partial charge in [-0.15, -0.1) is 0 Å². The van der Waals surface area contributed by atoms with Crippen LogP contribution < -0.4 is 5.73 Å². The normalized spacial score (nSPS) is 16.9. The second-order valence-corrected chi connectivity index (χ2v) is 5.46. The number of amidine groups is 1.